The van der Waals surface area contributed by atoms with Crippen LogP contribution in [-0.4, -0.2) is 56.4 Å². The second-order valence-corrected chi connectivity index (χ2v) is 4.47. The van der Waals surface area contributed by atoms with Gasteiger partial charge in [0.25, 0.3) is 0 Å². The Morgan fingerprint density at radius 1 is 1.50 bits per heavy atom. The predicted molar refractivity (Wildman–Crippen MR) is 71.1 cm³/mol. The highest BCUT2D eigenvalue weighted by atomic mass is 35.5. The summed E-state index contributed by atoms with van der Waals surface area (Å²) in [5.74, 6) is 0.233. The zero-order valence-electron chi connectivity index (χ0n) is 10.2. The fraction of sp³-hybridized carbons (Fsp3) is 0.455. The molecule has 2 rings (SSSR count). The number of aromatic nitrogens is 2. The summed E-state index contributed by atoms with van der Waals surface area (Å²) in [7, 11) is 0. The number of hydrogen-bond donors (Lipinski definition) is 5. The molecule has 1 saturated heterocycles. The number of nitrogens with one attached hydrogen (secondary N) is 2. The average molecular weight is 304 g/mol. The van der Waals surface area contributed by atoms with Gasteiger partial charge in [-0.15, -0.1) is 0 Å². The van der Waals surface area contributed by atoms with Crippen LogP contribution in [0.4, 0.5) is 5.82 Å². The lowest BCUT2D eigenvalue weighted by molar-refractivity contribution is -0.0154. The number of hydrogen-bond acceptors (Lipinski definition) is 7. The highest BCUT2D eigenvalue weighted by molar-refractivity contribution is 6.27. The average Bonchev–Trinajstić information content (AvgIpc) is 2.70. The van der Waals surface area contributed by atoms with E-state index >= 15 is 0 Å². The lowest BCUT2D eigenvalue weighted by atomic mass is 10.1. The summed E-state index contributed by atoms with van der Waals surface area (Å²) in [6, 6.07) is 0. The molecule has 1 aliphatic rings. The Morgan fingerprint density at radius 3 is 2.85 bits per heavy atom. The van der Waals surface area contributed by atoms with E-state index in [-0.39, 0.29) is 5.82 Å². The molecule has 2 heterocycles. The number of rotatable bonds is 4. The van der Waals surface area contributed by atoms with Gasteiger partial charge in [-0.05, 0) is 6.08 Å². The van der Waals surface area contributed by atoms with Crippen molar-refractivity contribution in [1.29, 1.82) is 0 Å². The molecule has 0 saturated carbocycles. The van der Waals surface area contributed by atoms with E-state index in [0.717, 1.165) is 0 Å². The Morgan fingerprint density at radius 2 is 2.25 bits per heavy atom. The highest BCUT2D eigenvalue weighted by Gasteiger charge is 2.42. The van der Waals surface area contributed by atoms with Gasteiger partial charge in [0.15, 0.2) is 6.23 Å². The Labute approximate surface area is 118 Å². The van der Waals surface area contributed by atoms with Crippen molar-refractivity contribution in [3.8, 4) is 0 Å². The number of nitrogens with zero attached hydrogens (tertiary/aromatic N) is 1. The maximum Gasteiger partial charge on any atom is 0.346 e. The second kappa shape index (κ2) is 6.33. The van der Waals surface area contributed by atoms with E-state index in [1.807, 2.05) is 0 Å². The van der Waals surface area contributed by atoms with Gasteiger partial charge in [0.1, 0.15) is 24.1 Å². The molecule has 0 radical (unpaired) electrons. The van der Waals surface area contributed by atoms with Gasteiger partial charge in [-0.3, -0.25) is 4.98 Å². The summed E-state index contributed by atoms with van der Waals surface area (Å²) in [6.07, 6.45) is -1.59. The van der Waals surface area contributed by atoms with Crippen LogP contribution in [0.3, 0.4) is 0 Å². The molecule has 4 atom stereocenters. The summed E-state index contributed by atoms with van der Waals surface area (Å²) < 4.78 is 5.25. The largest absolute Gasteiger partial charge is 0.394 e. The third kappa shape index (κ3) is 3.00. The van der Waals surface area contributed by atoms with Crippen molar-refractivity contribution in [2.45, 2.75) is 24.5 Å². The number of halogens is 1. The Balaban J connectivity index is 2.22. The maximum absolute atomic E-state index is 11.2. The number of aliphatic hydroxyl groups excluding tert-OH is 3. The number of aromatic amines is 1. The highest BCUT2D eigenvalue weighted by Crippen LogP contribution is 2.23. The summed E-state index contributed by atoms with van der Waals surface area (Å²) in [5.41, 5.74) is 1.11. The molecule has 5 N–H and O–H groups in total. The lowest BCUT2D eigenvalue weighted by Crippen LogP contribution is -2.37. The molecule has 0 aliphatic carbocycles. The molecular formula is C11H14ClN3O5. The molecule has 1 aromatic rings. The predicted octanol–water partition coefficient (Wildman–Crippen LogP) is -1.17. The number of ether oxygens (including phenoxy) is 1. The van der Waals surface area contributed by atoms with E-state index in [2.05, 4.69) is 15.3 Å². The van der Waals surface area contributed by atoms with Crippen LogP contribution in [0.25, 0.3) is 6.08 Å². The summed E-state index contributed by atoms with van der Waals surface area (Å²) in [5, 5.41) is 31.2. The van der Waals surface area contributed by atoms with Gasteiger partial charge in [0, 0.05) is 17.3 Å². The molecular weight excluding hydrogens is 290 g/mol. The SMILES string of the molecule is O=c1ncc(C=CCl)c(N[C@@H]2O[C@H](CO)[C@H](O)[C@H]2O)[nH]1. The molecule has 110 valence electrons. The first kappa shape index (κ1) is 14.9. The normalized spacial score (nSPS) is 30.0. The molecule has 1 fully saturated rings. The monoisotopic (exact) mass is 303 g/mol. The Hall–Kier alpha value is -1.45. The van der Waals surface area contributed by atoms with Gasteiger partial charge in [0.2, 0.25) is 0 Å². The molecule has 1 aromatic heterocycles. The summed E-state index contributed by atoms with van der Waals surface area (Å²) in [6.45, 7) is -0.433. The van der Waals surface area contributed by atoms with Crippen molar-refractivity contribution in [2.24, 2.45) is 0 Å². The fourth-order valence-electron chi connectivity index (χ4n) is 1.88. The number of anilines is 1. The van der Waals surface area contributed by atoms with Crippen molar-refractivity contribution >= 4 is 23.5 Å². The van der Waals surface area contributed by atoms with E-state index < -0.39 is 36.8 Å². The van der Waals surface area contributed by atoms with E-state index in [1.54, 1.807) is 0 Å². The van der Waals surface area contributed by atoms with E-state index in [1.165, 1.54) is 17.8 Å². The zero-order chi connectivity index (χ0) is 14.7. The first-order valence-electron chi connectivity index (χ1n) is 5.82. The fourth-order valence-corrected chi connectivity index (χ4v) is 2.01. The smallest absolute Gasteiger partial charge is 0.346 e. The third-order valence-electron chi connectivity index (χ3n) is 2.91. The van der Waals surface area contributed by atoms with Gasteiger partial charge in [-0.25, -0.2) is 9.78 Å². The second-order valence-electron chi connectivity index (χ2n) is 4.21. The van der Waals surface area contributed by atoms with Crippen LogP contribution in [0.5, 0.6) is 0 Å². The minimum Gasteiger partial charge on any atom is -0.394 e. The van der Waals surface area contributed by atoms with Crippen LogP contribution in [0.2, 0.25) is 0 Å². The topological polar surface area (TPSA) is 128 Å². The maximum atomic E-state index is 11.2. The van der Waals surface area contributed by atoms with Crippen molar-refractivity contribution in [3.05, 3.63) is 27.8 Å². The van der Waals surface area contributed by atoms with Gasteiger partial charge in [-0.2, -0.15) is 0 Å². The molecule has 0 amide bonds. The van der Waals surface area contributed by atoms with Crippen LogP contribution in [-0.2, 0) is 4.74 Å². The van der Waals surface area contributed by atoms with Crippen LogP contribution < -0.4 is 11.0 Å². The first-order valence-corrected chi connectivity index (χ1v) is 6.25. The minimum atomic E-state index is -1.25. The van der Waals surface area contributed by atoms with Gasteiger partial charge >= 0.3 is 5.69 Å². The first-order chi connectivity index (χ1) is 9.56. The number of aliphatic hydroxyl groups is 3. The lowest BCUT2D eigenvalue weighted by Gasteiger charge is -2.18. The third-order valence-corrected chi connectivity index (χ3v) is 3.04. The molecule has 9 heteroatoms. The van der Waals surface area contributed by atoms with Gasteiger partial charge < -0.3 is 25.4 Å². The molecule has 0 unspecified atom stereocenters. The Kier molecular flexibility index (Phi) is 4.73. The molecule has 0 bridgehead atoms. The van der Waals surface area contributed by atoms with Crippen molar-refractivity contribution in [1.82, 2.24) is 9.97 Å². The van der Waals surface area contributed by atoms with Crippen LogP contribution in [0.1, 0.15) is 5.56 Å². The molecule has 20 heavy (non-hydrogen) atoms. The van der Waals surface area contributed by atoms with Crippen molar-refractivity contribution in [3.63, 3.8) is 0 Å². The zero-order valence-corrected chi connectivity index (χ0v) is 11.0. The summed E-state index contributed by atoms with van der Waals surface area (Å²) in [4.78, 5) is 17.2. The van der Waals surface area contributed by atoms with E-state index in [4.69, 9.17) is 21.4 Å². The molecule has 1 aliphatic heterocycles. The van der Waals surface area contributed by atoms with Crippen molar-refractivity contribution in [2.75, 3.05) is 11.9 Å². The van der Waals surface area contributed by atoms with Gasteiger partial charge in [0.05, 0.1) is 6.61 Å². The van der Waals surface area contributed by atoms with Gasteiger partial charge in [-0.1, -0.05) is 11.6 Å². The van der Waals surface area contributed by atoms with E-state index in [0.29, 0.717) is 5.56 Å². The van der Waals surface area contributed by atoms with Crippen LogP contribution >= 0.6 is 11.6 Å². The molecule has 8 nitrogen and oxygen atoms in total. The summed E-state index contributed by atoms with van der Waals surface area (Å²) >= 11 is 5.48. The van der Waals surface area contributed by atoms with Crippen LogP contribution in [0.15, 0.2) is 16.5 Å². The Bertz CT molecular complexity index is 549. The minimum absolute atomic E-state index is 0.233. The molecule has 0 aromatic carbocycles. The van der Waals surface area contributed by atoms with Crippen LogP contribution in [0, 0.1) is 0 Å². The quantitative estimate of drug-likeness (QED) is 0.474. The van der Waals surface area contributed by atoms with E-state index in [9.17, 15) is 15.0 Å². The van der Waals surface area contributed by atoms with Crippen molar-refractivity contribution < 1.29 is 20.1 Å². The standard InChI is InChI=1S/C11H14ClN3O5/c12-2-1-5-3-13-11(19)15-9(5)14-10-8(18)7(17)6(4-16)20-10/h1-3,6-8,10,16-18H,4H2,(H2,13,14,15,19)/t6-,7+,8-,10-/m1/s1. The molecule has 0 spiro atoms. The number of H-pyrrole nitrogens is 1.